The molecule has 10 N–H and O–H groups in total. The maximum Gasteiger partial charge on any atom is 0.255 e. The van der Waals surface area contributed by atoms with Crippen LogP contribution < -0.4 is 20.1 Å². The third-order valence-corrected chi connectivity index (χ3v) is 7.91. The number of rotatable bonds is 14. The molecule has 0 aliphatic carbocycles. The Morgan fingerprint density at radius 2 is 1.02 bits per heavy atom. The van der Waals surface area contributed by atoms with E-state index in [0.29, 0.717) is 24.7 Å². The number of aliphatic hydroxyl groups is 6. The number of phenols is 2. The topological polar surface area (TPSA) is 266 Å². The van der Waals surface area contributed by atoms with Gasteiger partial charge in [0.15, 0.2) is 12.6 Å². The van der Waals surface area contributed by atoms with E-state index in [4.69, 9.17) is 23.7 Å². The molecule has 2 heterocycles. The fourth-order valence-electron chi connectivity index (χ4n) is 5.13. The highest BCUT2D eigenvalue weighted by atomic mass is 16.8. The standard InChI is InChI=1S/C32H44N2O15/c1-3-9-45-15-5-7-17(19(35)11-15)29(43)33-13-21-23(37)25(39)27(41)31(47-21)49-32-28(42)26(40)24(38)22(48-32)14-34-30(44)18-8-6-16(12-20(18)36)46-10-4-2/h5-8,11-12,21-28,31-32,35-42H,3-4,9-10,13-14H2,1-2H3,(H,33,43)(H,34,44)/t21-,22-,23-,24-,25+,26+,27-,28-,31-,32-/m1/s1. The first-order valence-corrected chi connectivity index (χ1v) is 15.9. The molecule has 0 radical (unpaired) electrons. The van der Waals surface area contributed by atoms with Crippen LogP contribution in [-0.4, -0.2) is 140 Å². The van der Waals surface area contributed by atoms with Crippen molar-refractivity contribution in [2.75, 3.05) is 26.3 Å². The Balaban J connectivity index is 1.37. The minimum absolute atomic E-state index is 0.111. The van der Waals surface area contributed by atoms with Crippen molar-refractivity contribution >= 4 is 11.8 Å². The van der Waals surface area contributed by atoms with Crippen LogP contribution in [0.2, 0.25) is 0 Å². The first-order valence-electron chi connectivity index (χ1n) is 15.9. The largest absolute Gasteiger partial charge is 0.507 e. The molecule has 2 aromatic carbocycles. The second-order valence-corrected chi connectivity index (χ2v) is 11.6. The Morgan fingerprint density at radius 1 is 0.633 bits per heavy atom. The number of nitrogens with one attached hydrogen (secondary N) is 2. The summed E-state index contributed by atoms with van der Waals surface area (Å²) >= 11 is 0. The Labute approximate surface area is 281 Å². The van der Waals surface area contributed by atoms with Crippen molar-refractivity contribution < 1.29 is 74.1 Å². The monoisotopic (exact) mass is 696 g/mol. The maximum absolute atomic E-state index is 12.8. The van der Waals surface area contributed by atoms with Gasteiger partial charge in [0.25, 0.3) is 11.8 Å². The highest BCUT2D eigenvalue weighted by Gasteiger charge is 2.50. The summed E-state index contributed by atoms with van der Waals surface area (Å²) in [5.41, 5.74) is -0.222. The quantitative estimate of drug-likeness (QED) is 0.107. The molecule has 2 aliphatic heterocycles. The van der Waals surface area contributed by atoms with Gasteiger partial charge in [-0.15, -0.1) is 0 Å². The van der Waals surface area contributed by atoms with Crippen molar-refractivity contribution in [3.05, 3.63) is 47.5 Å². The molecule has 0 unspecified atom stereocenters. The number of carbonyl (C=O) groups excluding carboxylic acids is 2. The highest BCUT2D eigenvalue weighted by molar-refractivity contribution is 5.97. The van der Waals surface area contributed by atoms with E-state index in [-0.39, 0.29) is 22.6 Å². The van der Waals surface area contributed by atoms with Crippen LogP contribution in [-0.2, 0) is 14.2 Å². The van der Waals surface area contributed by atoms with Crippen molar-refractivity contribution in [3.8, 4) is 23.0 Å². The number of amides is 2. The molecule has 2 amide bonds. The highest BCUT2D eigenvalue weighted by Crippen LogP contribution is 2.29. The number of hydrogen-bond donors (Lipinski definition) is 10. The summed E-state index contributed by atoms with van der Waals surface area (Å²) in [4.78, 5) is 25.5. The molecule has 4 rings (SSSR count). The summed E-state index contributed by atoms with van der Waals surface area (Å²) in [6.45, 7) is 3.78. The van der Waals surface area contributed by atoms with Gasteiger partial charge in [0.2, 0.25) is 0 Å². The second kappa shape index (κ2) is 17.2. The predicted molar refractivity (Wildman–Crippen MR) is 167 cm³/mol. The van der Waals surface area contributed by atoms with Crippen molar-refractivity contribution in [2.24, 2.45) is 0 Å². The number of ether oxygens (including phenoxy) is 5. The van der Waals surface area contributed by atoms with Gasteiger partial charge >= 0.3 is 0 Å². The first-order chi connectivity index (χ1) is 23.4. The van der Waals surface area contributed by atoms with Crippen LogP contribution in [0.25, 0.3) is 0 Å². The zero-order valence-electron chi connectivity index (χ0n) is 26.9. The third kappa shape index (κ3) is 9.27. The Kier molecular flexibility index (Phi) is 13.4. The van der Waals surface area contributed by atoms with Gasteiger partial charge in [-0.1, -0.05) is 13.8 Å². The molecular weight excluding hydrogens is 652 g/mol. The van der Waals surface area contributed by atoms with Crippen LogP contribution in [0.1, 0.15) is 47.4 Å². The van der Waals surface area contributed by atoms with Gasteiger partial charge in [-0.05, 0) is 37.1 Å². The summed E-state index contributed by atoms with van der Waals surface area (Å²) in [7, 11) is 0. The maximum atomic E-state index is 12.8. The molecule has 17 nitrogen and oxygen atoms in total. The van der Waals surface area contributed by atoms with Crippen molar-refractivity contribution in [3.63, 3.8) is 0 Å². The fourth-order valence-corrected chi connectivity index (χ4v) is 5.13. The molecule has 0 bridgehead atoms. The lowest BCUT2D eigenvalue weighted by atomic mass is 9.97. The van der Waals surface area contributed by atoms with Crippen LogP contribution in [0.4, 0.5) is 0 Å². The third-order valence-electron chi connectivity index (χ3n) is 7.91. The van der Waals surface area contributed by atoms with E-state index in [1.807, 2.05) is 13.8 Å². The fraction of sp³-hybridized carbons (Fsp3) is 0.562. The molecule has 49 heavy (non-hydrogen) atoms. The molecule has 272 valence electrons. The van der Waals surface area contributed by atoms with Gasteiger partial charge in [-0.2, -0.15) is 0 Å². The summed E-state index contributed by atoms with van der Waals surface area (Å²) in [6, 6.07) is 8.19. The van der Waals surface area contributed by atoms with E-state index in [0.717, 1.165) is 12.8 Å². The average Bonchev–Trinajstić information content (AvgIpc) is 3.08. The summed E-state index contributed by atoms with van der Waals surface area (Å²) < 4.78 is 27.6. The van der Waals surface area contributed by atoms with Crippen molar-refractivity contribution in [1.82, 2.24) is 10.6 Å². The number of carbonyl (C=O) groups is 2. The average molecular weight is 697 g/mol. The molecular formula is C32H44N2O15. The number of hydrogen-bond acceptors (Lipinski definition) is 15. The second-order valence-electron chi connectivity index (χ2n) is 11.6. The van der Waals surface area contributed by atoms with Gasteiger partial charge in [0.1, 0.15) is 71.8 Å². The minimum Gasteiger partial charge on any atom is -0.507 e. The van der Waals surface area contributed by atoms with Crippen LogP contribution in [0, 0.1) is 0 Å². The van der Waals surface area contributed by atoms with Crippen LogP contribution >= 0.6 is 0 Å². The van der Waals surface area contributed by atoms with Gasteiger partial charge in [-0.3, -0.25) is 9.59 Å². The van der Waals surface area contributed by atoms with Gasteiger partial charge in [-0.25, -0.2) is 0 Å². The molecule has 0 aromatic heterocycles. The Hall–Kier alpha value is -3.78. The number of phenolic OH excluding ortho intramolecular Hbond substituents is 2. The molecule has 17 heteroatoms. The minimum atomic E-state index is -1.90. The number of benzene rings is 2. The van der Waals surface area contributed by atoms with E-state index >= 15 is 0 Å². The van der Waals surface area contributed by atoms with Crippen LogP contribution in [0.3, 0.4) is 0 Å². The van der Waals surface area contributed by atoms with Crippen molar-refractivity contribution in [2.45, 2.75) is 88.1 Å². The van der Waals surface area contributed by atoms with Gasteiger partial charge < -0.3 is 75.2 Å². The van der Waals surface area contributed by atoms with E-state index in [1.54, 1.807) is 0 Å². The van der Waals surface area contributed by atoms with Crippen LogP contribution in [0.5, 0.6) is 23.0 Å². The lowest BCUT2D eigenvalue weighted by molar-refractivity contribution is -0.372. The smallest absolute Gasteiger partial charge is 0.255 e. The van der Waals surface area contributed by atoms with Gasteiger partial charge in [0, 0.05) is 25.2 Å². The van der Waals surface area contributed by atoms with E-state index < -0.39 is 86.3 Å². The lowest BCUT2D eigenvalue weighted by Gasteiger charge is -2.45. The normalized spacial score (nSPS) is 30.0. The summed E-state index contributed by atoms with van der Waals surface area (Å²) in [6.07, 6.45) is -15.8. The molecule has 2 saturated heterocycles. The van der Waals surface area contributed by atoms with Crippen LogP contribution in [0.15, 0.2) is 36.4 Å². The first kappa shape index (κ1) is 38.0. The SMILES string of the molecule is CCCOc1ccc(C(=O)NC[C@H]2O[C@H](O[C@H]3O[C@H](CNC(=O)c4ccc(OCCC)cc4O)[C@@H](O)[C@H](O)[C@H]3O)[C@H](O)[C@@H](O)[C@@H]2O)c(O)c1. The zero-order valence-corrected chi connectivity index (χ0v) is 26.9. The number of aromatic hydroxyl groups is 2. The Bertz CT molecular complexity index is 1310. The Morgan fingerprint density at radius 3 is 1.37 bits per heavy atom. The molecule has 0 saturated carbocycles. The summed E-state index contributed by atoms with van der Waals surface area (Å²) in [5.74, 6) is -1.53. The van der Waals surface area contributed by atoms with E-state index in [9.17, 15) is 50.4 Å². The van der Waals surface area contributed by atoms with E-state index in [2.05, 4.69) is 10.6 Å². The molecule has 2 aliphatic rings. The molecule has 2 fully saturated rings. The van der Waals surface area contributed by atoms with Gasteiger partial charge in [0.05, 0.1) is 24.3 Å². The molecule has 2 aromatic rings. The number of aliphatic hydroxyl groups excluding tert-OH is 6. The van der Waals surface area contributed by atoms with Crippen molar-refractivity contribution in [1.29, 1.82) is 0 Å². The molecule has 0 spiro atoms. The molecule has 10 atom stereocenters. The lowest BCUT2D eigenvalue weighted by Crippen LogP contribution is -2.64. The zero-order chi connectivity index (χ0) is 35.8. The summed E-state index contributed by atoms with van der Waals surface area (Å²) in [5, 5.41) is 88.7. The van der Waals surface area contributed by atoms with E-state index in [1.165, 1.54) is 36.4 Å². The predicted octanol–water partition coefficient (Wildman–Crippen LogP) is -1.53.